The third-order valence-electron chi connectivity index (χ3n) is 4.69. The second kappa shape index (κ2) is 5.83. The van der Waals surface area contributed by atoms with E-state index in [0.717, 1.165) is 32.5 Å². The number of amidine groups is 1. The first-order valence-corrected chi connectivity index (χ1v) is 7.56. The van der Waals surface area contributed by atoms with Gasteiger partial charge in [0.2, 0.25) is 0 Å². The maximum Gasteiger partial charge on any atom is 0.142 e. The molecule has 0 unspecified atom stereocenters. The van der Waals surface area contributed by atoms with Crippen molar-refractivity contribution in [1.82, 2.24) is 4.90 Å². The van der Waals surface area contributed by atoms with Gasteiger partial charge in [0.1, 0.15) is 5.84 Å². The van der Waals surface area contributed by atoms with Crippen LogP contribution in [0.4, 0.5) is 0 Å². The number of rotatable bonds is 3. The molecule has 0 aromatic heterocycles. The van der Waals surface area contributed by atoms with Crippen LogP contribution >= 0.6 is 0 Å². The summed E-state index contributed by atoms with van der Waals surface area (Å²) >= 11 is 0. The minimum absolute atomic E-state index is 0.247. The van der Waals surface area contributed by atoms with E-state index in [1.54, 1.807) is 11.1 Å². The SMILES string of the molecule is NC(=NO)C1CCN(Cc2ccc3c(c2)CCC3)CC1. The predicted molar refractivity (Wildman–Crippen MR) is 79.9 cm³/mol. The molecule has 2 aliphatic rings. The van der Waals surface area contributed by atoms with Crippen LogP contribution in [0.2, 0.25) is 0 Å². The molecular formula is C16H23N3O. The van der Waals surface area contributed by atoms with E-state index in [1.807, 2.05) is 0 Å². The van der Waals surface area contributed by atoms with Crippen LogP contribution in [-0.4, -0.2) is 29.0 Å². The Kier molecular flexibility index (Phi) is 3.92. The number of aryl methyl sites for hydroxylation is 2. The summed E-state index contributed by atoms with van der Waals surface area (Å²) in [6.07, 6.45) is 5.78. The van der Waals surface area contributed by atoms with Gasteiger partial charge in [-0.3, -0.25) is 4.90 Å². The molecule has 1 aliphatic carbocycles. The van der Waals surface area contributed by atoms with Crippen molar-refractivity contribution in [2.75, 3.05) is 13.1 Å². The Morgan fingerprint density at radius 2 is 2.00 bits per heavy atom. The average molecular weight is 273 g/mol. The summed E-state index contributed by atoms with van der Waals surface area (Å²) in [5.74, 6) is 0.637. The van der Waals surface area contributed by atoms with E-state index in [2.05, 4.69) is 28.3 Å². The monoisotopic (exact) mass is 273 g/mol. The van der Waals surface area contributed by atoms with Crippen molar-refractivity contribution in [1.29, 1.82) is 0 Å². The van der Waals surface area contributed by atoms with Crippen LogP contribution in [0.15, 0.2) is 23.4 Å². The van der Waals surface area contributed by atoms with Crippen LogP contribution in [0.5, 0.6) is 0 Å². The minimum atomic E-state index is 0.247. The molecule has 0 saturated carbocycles. The molecule has 0 bridgehead atoms. The van der Waals surface area contributed by atoms with Crippen LogP contribution in [0, 0.1) is 5.92 Å². The first kappa shape index (κ1) is 13.4. The van der Waals surface area contributed by atoms with Gasteiger partial charge in [0, 0.05) is 12.5 Å². The van der Waals surface area contributed by atoms with Crippen molar-refractivity contribution in [2.24, 2.45) is 16.8 Å². The largest absolute Gasteiger partial charge is 0.409 e. The van der Waals surface area contributed by atoms with E-state index in [9.17, 15) is 0 Å². The molecule has 3 N–H and O–H groups in total. The van der Waals surface area contributed by atoms with Gasteiger partial charge in [0.05, 0.1) is 0 Å². The second-order valence-electron chi connectivity index (χ2n) is 6.03. The molecule has 1 aromatic carbocycles. The molecule has 1 aliphatic heterocycles. The number of hydrogen-bond acceptors (Lipinski definition) is 3. The van der Waals surface area contributed by atoms with E-state index in [-0.39, 0.29) is 5.92 Å². The Morgan fingerprint density at radius 3 is 2.75 bits per heavy atom. The molecule has 3 rings (SSSR count). The first-order valence-electron chi connectivity index (χ1n) is 7.56. The molecule has 4 nitrogen and oxygen atoms in total. The molecule has 0 amide bonds. The van der Waals surface area contributed by atoms with Crippen molar-refractivity contribution in [3.05, 3.63) is 34.9 Å². The van der Waals surface area contributed by atoms with Gasteiger partial charge in [-0.25, -0.2) is 0 Å². The number of oxime groups is 1. The topological polar surface area (TPSA) is 61.9 Å². The molecule has 20 heavy (non-hydrogen) atoms. The maximum atomic E-state index is 8.73. The summed E-state index contributed by atoms with van der Waals surface area (Å²) < 4.78 is 0. The smallest absolute Gasteiger partial charge is 0.142 e. The molecule has 4 heteroatoms. The lowest BCUT2D eigenvalue weighted by Crippen LogP contribution is -2.38. The summed E-state index contributed by atoms with van der Waals surface area (Å²) in [6, 6.07) is 6.97. The quantitative estimate of drug-likeness (QED) is 0.384. The number of hydrogen-bond donors (Lipinski definition) is 2. The average Bonchev–Trinajstić information content (AvgIpc) is 2.95. The number of piperidine rings is 1. The van der Waals surface area contributed by atoms with Crippen molar-refractivity contribution in [3.8, 4) is 0 Å². The van der Waals surface area contributed by atoms with Gasteiger partial charge in [-0.2, -0.15) is 0 Å². The number of nitrogens with zero attached hydrogens (tertiary/aromatic N) is 2. The first-order chi connectivity index (χ1) is 9.76. The standard InChI is InChI=1S/C16H23N3O/c17-16(18-20)14-6-8-19(9-7-14)11-12-4-5-13-2-1-3-15(13)10-12/h4-5,10,14,20H,1-3,6-9,11H2,(H2,17,18). The fraction of sp³-hybridized carbons (Fsp3) is 0.562. The van der Waals surface area contributed by atoms with Gasteiger partial charge in [-0.05, 0) is 61.9 Å². The Morgan fingerprint density at radius 1 is 1.25 bits per heavy atom. The van der Waals surface area contributed by atoms with Crippen molar-refractivity contribution in [2.45, 2.75) is 38.6 Å². The fourth-order valence-electron chi connectivity index (χ4n) is 3.45. The lowest BCUT2D eigenvalue weighted by atomic mass is 9.95. The van der Waals surface area contributed by atoms with Crippen LogP contribution in [-0.2, 0) is 19.4 Å². The normalized spacial score (nSPS) is 21.1. The number of likely N-dealkylation sites (tertiary alicyclic amines) is 1. The van der Waals surface area contributed by atoms with E-state index >= 15 is 0 Å². The molecule has 0 radical (unpaired) electrons. The van der Waals surface area contributed by atoms with Crippen molar-refractivity contribution < 1.29 is 5.21 Å². The summed E-state index contributed by atoms with van der Waals surface area (Å²) in [5.41, 5.74) is 10.2. The zero-order valence-electron chi connectivity index (χ0n) is 11.9. The molecule has 1 aromatic rings. The van der Waals surface area contributed by atoms with Crippen LogP contribution in [0.3, 0.4) is 0 Å². The van der Waals surface area contributed by atoms with E-state index < -0.39 is 0 Å². The lowest BCUT2D eigenvalue weighted by molar-refractivity contribution is 0.198. The molecule has 0 atom stereocenters. The molecule has 1 heterocycles. The number of fused-ring (bicyclic) bond motifs is 1. The zero-order valence-corrected chi connectivity index (χ0v) is 11.9. The van der Waals surface area contributed by atoms with Crippen molar-refractivity contribution in [3.63, 3.8) is 0 Å². The third kappa shape index (κ3) is 2.80. The minimum Gasteiger partial charge on any atom is -0.409 e. The van der Waals surface area contributed by atoms with Crippen LogP contribution < -0.4 is 5.73 Å². The maximum absolute atomic E-state index is 8.73. The van der Waals surface area contributed by atoms with Gasteiger partial charge in [-0.15, -0.1) is 0 Å². The highest BCUT2D eigenvalue weighted by Gasteiger charge is 2.22. The lowest BCUT2D eigenvalue weighted by Gasteiger charge is -2.31. The second-order valence-corrected chi connectivity index (χ2v) is 6.03. The number of nitrogens with two attached hydrogens (primary N) is 1. The molecule has 1 saturated heterocycles. The zero-order chi connectivity index (χ0) is 13.9. The van der Waals surface area contributed by atoms with E-state index in [1.165, 1.54) is 24.8 Å². The highest BCUT2D eigenvalue weighted by atomic mass is 16.4. The molecule has 0 spiro atoms. The van der Waals surface area contributed by atoms with Gasteiger partial charge < -0.3 is 10.9 Å². The third-order valence-corrected chi connectivity index (χ3v) is 4.69. The van der Waals surface area contributed by atoms with Gasteiger partial charge in [0.15, 0.2) is 0 Å². The number of benzene rings is 1. The Labute approximate surface area is 120 Å². The van der Waals surface area contributed by atoms with E-state index in [4.69, 9.17) is 10.9 Å². The summed E-state index contributed by atoms with van der Waals surface area (Å²) in [7, 11) is 0. The Bertz CT molecular complexity index is 504. The Hall–Kier alpha value is -1.55. The van der Waals surface area contributed by atoms with Crippen molar-refractivity contribution >= 4 is 5.84 Å². The van der Waals surface area contributed by atoms with E-state index in [0.29, 0.717) is 5.84 Å². The molecule has 108 valence electrons. The summed E-state index contributed by atoms with van der Waals surface area (Å²) in [4.78, 5) is 2.47. The highest BCUT2D eigenvalue weighted by Crippen LogP contribution is 2.24. The van der Waals surface area contributed by atoms with Gasteiger partial charge in [0.25, 0.3) is 0 Å². The fourth-order valence-corrected chi connectivity index (χ4v) is 3.45. The summed E-state index contributed by atoms with van der Waals surface area (Å²) in [6.45, 7) is 3.08. The summed E-state index contributed by atoms with van der Waals surface area (Å²) in [5, 5.41) is 11.9. The van der Waals surface area contributed by atoms with Crippen LogP contribution in [0.25, 0.3) is 0 Å². The molecular weight excluding hydrogens is 250 g/mol. The van der Waals surface area contributed by atoms with Gasteiger partial charge in [-0.1, -0.05) is 23.4 Å². The Balaban J connectivity index is 1.57. The predicted octanol–water partition coefficient (Wildman–Crippen LogP) is 2.13. The van der Waals surface area contributed by atoms with Gasteiger partial charge >= 0.3 is 0 Å². The van der Waals surface area contributed by atoms with Crippen LogP contribution in [0.1, 0.15) is 36.0 Å². The highest BCUT2D eigenvalue weighted by molar-refractivity contribution is 5.82. The molecule has 1 fully saturated rings.